The van der Waals surface area contributed by atoms with Crippen molar-refractivity contribution >= 4 is 21.6 Å². The molecule has 1 heterocycles. The highest BCUT2D eigenvalue weighted by Crippen LogP contribution is 2.30. The summed E-state index contributed by atoms with van der Waals surface area (Å²) in [5.74, 6) is 0. The van der Waals surface area contributed by atoms with Gasteiger partial charge < -0.3 is 20.5 Å². The summed E-state index contributed by atoms with van der Waals surface area (Å²) < 4.78 is 6.34. The molecule has 0 spiro atoms. The molecular formula is C15H23BrN2O2. The Bertz CT molecular complexity index is 459. The summed E-state index contributed by atoms with van der Waals surface area (Å²) in [4.78, 5) is 2.09. The molecular weight excluding hydrogens is 320 g/mol. The van der Waals surface area contributed by atoms with E-state index in [-0.39, 0.29) is 6.04 Å². The summed E-state index contributed by atoms with van der Waals surface area (Å²) >= 11 is 3.50. The van der Waals surface area contributed by atoms with Crippen molar-refractivity contribution in [1.29, 1.82) is 0 Å². The number of benzene rings is 1. The molecule has 1 aromatic rings. The lowest BCUT2D eigenvalue weighted by Gasteiger charge is -2.37. The Morgan fingerprint density at radius 1 is 1.45 bits per heavy atom. The predicted octanol–water partition coefficient (Wildman–Crippen LogP) is 2.45. The smallest absolute Gasteiger partial charge is 0.0865 e. The van der Waals surface area contributed by atoms with Gasteiger partial charge in [-0.05, 0) is 24.6 Å². The lowest BCUT2D eigenvalue weighted by atomic mass is 9.93. The van der Waals surface area contributed by atoms with E-state index in [4.69, 9.17) is 10.5 Å². The highest BCUT2D eigenvalue weighted by molar-refractivity contribution is 9.10. The van der Waals surface area contributed by atoms with Gasteiger partial charge in [-0.15, -0.1) is 0 Å². The van der Waals surface area contributed by atoms with Crippen molar-refractivity contribution in [2.45, 2.75) is 31.4 Å². The van der Waals surface area contributed by atoms with Gasteiger partial charge in [0.25, 0.3) is 0 Å². The molecule has 0 bridgehead atoms. The average Bonchev–Trinajstić information content (AvgIpc) is 2.38. The van der Waals surface area contributed by atoms with Gasteiger partial charge in [0, 0.05) is 55.8 Å². The molecule has 0 aromatic heterocycles. The number of hydrogen-bond donors (Lipinski definition) is 2. The van der Waals surface area contributed by atoms with Gasteiger partial charge >= 0.3 is 0 Å². The summed E-state index contributed by atoms with van der Waals surface area (Å²) in [7, 11) is 2.00. The summed E-state index contributed by atoms with van der Waals surface area (Å²) in [6, 6.07) is 6.06. The summed E-state index contributed by atoms with van der Waals surface area (Å²) in [6.07, 6.45) is 1.36. The number of aliphatic hydroxyl groups is 1. The molecule has 0 radical (unpaired) electrons. The lowest BCUT2D eigenvalue weighted by Crippen LogP contribution is -2.46. The fourth-order valence-corrected chi connectivity index (χ4v) is 3.02. The third-order valence-electron chi connectivity index (χ3n) is 3.85. The quantitative estimate of drug-likeness (QED) is 0.882. The van der Waals surface area contributed by atoms with Crippen LogP contribution in [0.1, 0.15) is 31.4 Å². The van der Waals surface area contributed by atoms with Crippen LogP contribution in [0.3, 0.4) is 0 Å². The first-order chi connectivity index (χ1) is 9.41. The van der Waals surface area contributed by atoms with Gasteiger partial charge in [0.05, 0.1) is 5.60 Å². The molecule has 1 aliphatic heterocycles. The Morgan fingerprint density at radius 2 is 2.10 bits per heavy atom. The molecule has 3 N–H and O–H groups in total. The molecule has 0 saturated carbocycles. The molecule has 0 aliphatic carbocycles. The third kappa shape index (κ3) is 3.73. The molecule has 1 aliphatic rings. The van der Waals surface area contributed by atoms with Crippen LogP contribution < -0.4 is 10.6 Å². The van der Waals surface area contributed by atoms with Gasteiger partial charge in [-0.2, -0.15) is 0 Å². The normalized spacial score (nSPS) is 19.6. The standard InChI is InChI=1S/C15H23BrN2O2/c1-11(17)13-4-3-12(16)9-14(13)18(2)10-15(19)5-7-20-8-6-15/h3-4,9,11,19H,5-8,10,17H2,1-2H3. The fourth-order valence-electron chi connectivity index (χ4n) is 2.67. The fraction of sp³-hybridized carbons (Fsp3) is 0.600. The zero-order valence-electron chi connectivity index (χ0n) is 12.1. The monoisotopic (exact) mass is 342 g/mol. The van der Waals surface area contributed by atoms with Gasteiger partial charge in [-0.1, -0.05) is 22.0 Å². The van der Waals surface area contributed by atoms with Gasteiger partial charge in [0.15, 0.2) is 0 Å². The summed E-state index contributed by atoms with van der Waals surface area (Å²) in [5.41, 5.74) is 7.52. The van der Waals surface area contributed by atoms with Crippen molar-refractivity contribution in [3.8, 4) is 0 Å². The van der Waals surface area contributed by atoms with Gasteiger partial charge in [0.1, 0.15) is 0 Å². The number of ether oxygens (including phenoxy) is 1. The molecule has 1 atom stereocenters. The van der Waals surface area contributed by atoms with Crippen LogP contribution in [-0.2, 0) is 4.74 Å². The van der Waals surface area contributed by atoms with Crippen LogP contribution in [-0.4, -0.2) is 37.5 Å². The lowest BCUT2D eigenvalue weighted by molar-refractivity contribution is -0.0572. The number of rotatable bonds is 4. The largest absolute Gasteiger partial charge is 0.388 e. The first kappa shape index (κ1) is 15.8. The second-order valence-electron chi connectivity index (χ2n) is 5.68. The highest BCUT2D eigenvalue weighted by atomic mass is 79.9. The van der Waals surface area contributed by atoms with Crippen LogP contribution in [0.5, 0.6) is 0 Å². The topological polar surface area (TPSA) is 58.7 Å². The molecule has 0 amide bonds. The Hall–Kier alpha value is -0.620. The second-order valence-corrected chi connectivity index (χ2v) is 6.60. The van der Waals surface area contributed by atoms with E-state index in [0.29, 0.717) is 32.6 Å². The molecule has 4 nitrogen and oxygen atoms in total. The maximum Gasteiger partial charge on any atom is 0.0865 e. The van der Waals surface area contributed by atoms with E-state index in [9.17, 15) is 5.11 Å². The second kappa shape index (κ2) is 6.43. The molecule has 1 saturated heterocycles. The van der Waals surface area contributed by atoms with Crippen LogP contribution in [0.4, 0.5) is 5.69 Å². The maximum absolute atomic E-state index is 10.6. The molecule has 20 heavy (non-hydrogen) atoms. The van der Waals surface area contributed by atoms with E-state index in [1.54, 1.807) is 0 Å². The predicted molar refractivity (Wildman–Crippen MR) is 85.0 cm³/mol. The average molecular weight is 343 g/mol. The first-order valence-corrected chi connectivity index (χ1v) is 7.77. The highest BCUT2D eigenvalue weighted by Gasteiger charge is 2.31. The van der Waals surface area contributed by atoms with Crippen molar-refractivity contribution in [3.05, 3.63) is 28.2 Å². The Labute approximate surface area is 129 Å². The number of nitrogens with zero attached hydrogens (tertiary/aromatic N) is 1. The SMILES string of the molecule is CC(N)c1ccc(Br)cc1N(C)CC1(O)CCOCC1. The Morgan fingerprint density at radius 3 is 2.70 bits per heavy atom. The van der Waals surface area contributed by atoms with E-state index in [0.717, 1.165) is 15.7 Å². The van der Waals surface area contributed by atoms with Gasteiger partial charge in [-0.25, -0.2) is 0 Å². The van der Waals surface area contributed by atoms with Gasteiger partial charge in [-0.3, -0.25) is 0 Å². The number of hydrogen-bond acceptors (Lipinski definition) is 4. The first-order valence-electron chi connectivity index (χ1n) is 6.98. The number of anilines is 1. The molecule has 1 aromatic carbocycles. The minimum Gasteiger partial charge on any atom is -0.388 e. The Kier molecular flexibility index (Phi) is 5.07. The number of likely N-dealkylation sites (N-methyl/N-ethyl adjacent to an activating group) is 1. The summed E-state index contributed by atoms with van der Waals surface area (Å²) in [5, 5.41) is 10.6. The van der Waals surface area contributed by atoms with Gasteiger partial charge in [0.2, 0.25) is 0 Å². The minimum absolute atomic E-state index is 0.0371. The van der Waals surface area contributed by atoms with Crippen molar-refractivity contribution in [3.63, 3.8) is 0 Å². The molecule has 112 valence electrons. The van der Waals surface area contributed by atoms with Crippen LogP contribution in [0, 0.1) is 0 Å². The van der Waals surface area contributed by atoms with Crippen molar-refractivity contribution in [2.75, 3.05) is 31.7 Å². The van der Waals surface area contributed by atoms with Crippen molar-refractivity contribution < 1.29 is 9.84 Å². The van der Waals surface area contributed by atoms with E-state index >= 15 is 0 Å². The number of halogens is 1. The molecule has 1 unspecified atom stereocenters. The van der Waals surface area contributed by atoms with E-state index in [1.807, 2.05) is 26.1 Å². The zero-order chi connectivity index (χ0) is 14.8. The minimum atomic E-state index is -0.676. The van der Waals surface area contributed by atoms with Crippen molar-refractivity contribution in [2.24, 2.45) is 5.73 Å². The maximum atomic E-state index is 10.6. The zero-order valence-corrected chi connectivity index (χ0v) is 13.7. The van der Waals surface area contributed by atoms with E-state index in [1.165, 1.54) is 0 Å². The van der Waals surface area contributed by atoms with Crippen molar-refractivity contribution in [1.82, 2.24) is 0 Å². The van der Waals surface area contributed by atoms with Crippen LogP contribution in [0.2, 0.25) is 0 Å². The molecule has 5 heteroatoms. The van der Waals surface area contributed by atoms with E-state index < -0.39 is 5.60 Å². The van der Waals surface area contributed by atoms with Crippen LogP contribution >= 0.6 is 15.9 Å². The van der Waals surface area contributed by atoms with Crippen LogP contribution in [0.15, 0.2) is 22.7 Å². The van der Waals surface area contributed by atoms with E-state index in [2.05, 4.69) is 26.9 Å². The molecule has 2 rings (SSSR count). The molecule has 1 fully saturated rings. The number of nitrogens with two attached hydrogens (primary N) is 1. The summed E-state index contributed by atoms with van der Waals surface area (Å²) in [6.45, 7) is 3.82. The Balaban J connectivity index is 2.19. The third-order valence-corrected chi connectivity index (χ3v) is 4.34. The van der Waals surface area contributed by atoms with Crippen LogP contribution in [0.25, 0.3) is 0 Å².